The van der Waals surface area contributed by atoms with Gasteiger partial charge in [-0.15, -0.1) is 0 Å². The number of carbonyl (C=O) groups is 1. The van der Waals surface area contributed by atoms with Crippen LogP contribution in [0.4, 0.5) is 5.69 Å². The first kappa shape index (κ1) is 20.8. The van der Waals surface area contributed by atoms with Crippen LogP contribution < -0.4 is 14.4 Å². The quantitative estimate of drug-likeness (QED) is 0.751. The van der Waals surface area contributed by atoms with Crippen molar-refractivity contribution in [3.63, 3.8) is 0 Å². The average molecular weight is 391 g/mol. The highest BCUT2D eigenvalue weighted by Crippen LogP contribution is 2.25. The van der Waals surface area contributed by atoms with Gasteiger partial charge in [0.25, 0.3) is 10.0 Å². The Morgan fingerprint density at radius 2 is 1.70 bits per heavy atom. The molecule has 0 saturated carbocycles. The zero-order chi connectivity index (χ0) is 20.0. The van der Waals surface area contributed by atoms with E-state index in [1.54, 1.807) is 24.3 Å². The van der Waals surface area contributed by atoms with Crippen LogP contribution in [0, 0.1) is 6.92 Å². The highest BCUT2D eigenvalue weighted by molar-refractivity contribution is 7.92. The van der Waals surface area contributed by atoms with Crippen molar-refractivity contribution in [2.45, 2.75) is 38.1 Å². The molecule has 2 rings (SSSR count). The van der Waals surface area contributed by atoms with Gasteiger partial charge in [0.05, 0.1) is 17.7 Å². The third-order valence-corrected chi connectivity index (χ3v) is 6.06. The lowest BCUT2D eigenvalue weighted by molar-refractivity contribution is -0.120. The maximum Gasteiger partial charge on any atom is 0.264 e. The number of nitrogens with one attached hydrogen (secondary N) is 1. The average Bonchev–Trinajstić information content (AvgIpc) is 2.66. The number of amides is 1. The Labute approximate surface area is 161 Å². The van der Waals surface area contributed by atoms with E-state index in [0.29, 0.717) is 11.4 Å². The second kappa shape index (κ2) is 8.90. The minimum Gasteiger partial charge on any atom is -0.497 e. The number of hydrogen-bond donors (Lipinski definition) is 1. The molecule has 2 aromatic rings. The summed E-state index contributed by atoms with van der Waals surface area (Å²) in [5.74, 6) is 0.215. The summed E-state index contributed by atoms with van der Waals surface area (Å²) in [6.07, 6.45) is 0.765. The first-order valence-electron chi connectivity index (χ1n) is 8.80. The molecule has 6 nitrogen and oxygen atoms in total. The van der Waals surface area contributed by atoms with Crippen LogP contribution in [0.1, 0.15) is 25.8 Å². The van der Waals surface area contributed by atoms with Crippen LogP contribution >= 0.6 is 0 Å². The normalized spacial score (nSPS) is 12.3. The van der Waals surface area contributed by atoms with E-state index in [9.17, 15) is 13.2 Å². The summed E-state index contributed by atoms with van der Waals surface area (Å²) in [5.41, 5.74) is 1.44. The monoisotopic (exact) mass is 390 g/mol. The van der Waals surface area contributed by atoms with Crippen molar-refractivity contribution in [1.29, 1.82) is 0 Å². The minimum atomic E-state index is -3.91. The van der Waals surface area contributed by atoms with E-state index in [-0.39, 0.29) is 23.4 Å². The molecule has 1 amide bonds. The van der Waals surface area contributed by atoms with Crippen molar-refractivity contribution in [2.24, 2.45) is 0 Å². The van der Waals surface area contributed by atoms with E-state index in [1.807, 2.05) is 32.9 Å². The molecule has 0 aliphatic rings. The zero-order valence-corrected chi connectivity index (χ0v) is 16.9. The van der Waals surface area contributed by atoms with Gasteiger partial charge in [0.1, 0.15) is 12.3 Å². The first-order valence-corrected chi connectivity index (χ1v) is 10.2. The number of aryl methyl sites for hydroxylation is 1. The smallest absolute Gasteiger partial charge is 0.264 e. The number of hydrogen-bond acceptors (Lipinski definition) is 4. The molecule has 1 atom stereocenters. The predicted molar refractivity (Wildman–Crippen MR) is 107 cm³/mol. The summed E-state index contributed by atoms with van der Waals surface area (Å²) in [6.45, 7) is 5.46. The predicted octanol–water partition coefficient (Wildman–Crippen LogP) is 3.11. The van der Waals surface area contributed by atoms with Gasteiger partial charge in [-0.25, -0.2) is 8.42 Å². The van der Waals surface area contributed by atoms with Crippen LogP contribution in [-0.4, -0.2) is 34.0 Å². The molecular weight excluding hydrogens is 364 g/mol. The van der Waals surface area contributed by atoms with E-state index in [4.69, 9.17) is 4.74 Å². The van der Waals surface area contributed by atoms with Gasteiger partial charge in [-0.3, -0.25) is 9.10 Å². The van der Waals surface area contributed by atoms with Gasteiger partial charge < -0.3 is 10.1 Å². The number of nitrogens with zero attached hydrogens (tertiary/aromatic N) is 1. The molecule has 0 aliphatic carbocycles. The molecule has 0 heterocycles. The van der Waals surface area contributed by atoms with Gasteiger partial charge in [-0.1, -0.05) is 24.6 Å². The number of methoxy groups -OCH3 is 1. The number of anilines is 1. The van der Waals surface area contributed by atoms with Crippen molar-refractivity contribution in [3.05, 3.63) is 54.1 Å². The minimum absolute atomic E-state index is 0.0268. The summed E-state index contributed by atoms with van der Waals surface area (Å²) >= 11 is 0. The molecule has 0 saturated heterocycles. The Morgan fingerprint density at radius 3 is 2.22 bits per heavy atom. The maximum atomic E-state index is 13.2. The summed E-state index contributed by atoms with van der Waals surface area (Å²) in [4.78, 5) is 12.5. The SMILES string of the molecule is CC[C@H](C)NC(=O)CN(c1ccc(C)cc1)S(=O)(=O)c1ccc(OC)cc1. The number of ether oxygens (including phenoxy) is 1. The van der Waals surface area contributed by atoms with Gasteiger partial charge in [0, 0.05) is 6.04 Å². The number of sulfonamides is 1. The molecule has 1 N–H and O–H groups in total. The van der Waals surface area contributed by atoms with Crippen LogP contribution in [0.3, 0.4) is 0 Å². The first-order chi connectivity index (χ1) is 12.8. The number of rotatable bonds is 8. The van der Waals surface area contributed by atoms with Crippen molar-refractivity contribution in [1.82, 2.24) is 5.32 Å². The summed E-state index contributed by atoms with van der Waals surface area (Å²) < 4.78 is 32.6. The molecule has 0 bridgehead atoms. The lowest BCUT2D eigenvalue weighted by Gasteiger charge is -2.25. The Hall–Kier alpha value is -2.54. The van der Waals surface area contributed by atoms with Gasteiger partial charge in [-0.05, 0) is 56.7 Å². The molecule has 0 spiro atoms. The van der Waals surface area contributed by atoms with E-state index in [1.165, 1.54) is 19.2 Å². The molecule has 0 aliphatic heterocycles. The molecule has 0 aromatic heterocycles. The number of benzene rings is 2. The standard InChI is InChI=1S/C20H26N2O4S/c1-5-16(3)21-20(23)14-22(17-8-6-15(2)7-9-17)27(24,25)19-12-10-18(26-4)11-13-19/h6-13,16H,5,14H2,1-4H3,(H,21,23)/t16-/m0/s1. The summed E-state index contributed by atoms with van der Waals surface area (Å²) in [7, 11) is -2.40. The second-order valence-electron chi connectivity index (χ2n) is 6.40. The van der Waals surface area contributed by atoms with Crippen LogP contribution in [-0.2, 0) is 14.8 Å². The molecule has 146 valence electrons. The van der Waals surface area contributed by atoms with E-state index >= 15 is 0 Å². The van der Waals surface area contributed by atoms with Gasteiger partial charge >= 0.3 is 0 Å². The van der Waals surface area contributed by atoms with E-state index in [0.717, 1.165) is 16.3 Å². The van der Waals surface area contributed by atoms with Gasteiger partial charge in [0.2, 0.25) is 5.91 Å². The molecule has 0 unspecified atom stereocenters. The highest BCUT2D eigenvalue weighted by atomic mass is 32.2. The van der Waals surface area contributed by atoms with Crippen molar-refractivity contribution in [3.8, 4) is 5.75 Å². The third-order valence-electron chi connectivity index (χ3n) is 4.28. The van der Waals surface area contributed by atoms with Crippen LogP contribution in [0.25, 0.3) is 0 Å². The zero-order valence-electron chi connectivity index (χ0n) is 16.1. The Bertz CT molecular complexity index is 862. The Kier molecular flexibility index (Phi) is 6.85. The van der Waals surface area contributed by atoms with Crippen LogP contribution in [0.15, 0.2) is 53.4 Å². The lowest BCUT2D eigenvalue weighted by Crippen LogP contribution is -2.43. The maximum absolute atomic E-state index is 13.2. The molecular formula is C20H26N2O4S. The molecule has 27 heavy (non-hydrogen) atoms. The van der Waals surface area contributed by atoms with Crippen LogP contribution in [0.5, 0.6) is 5.75 Å². The summed E-state index contributed by atoms with van der Waals surface area (Å²) in [6, 6.07) is 13.1. The molecule has 0 fully saturated rings. The lowest BCUT2D eigenvalue weighted by atomic mass is 10.2. The van der Waals surface area contributed by atoms with Gasteiger partial charge in [0.15, 0.2) is 0 Å². The molecule has 7 heteroatoms. The third kappa shape index (κ3) is 5.23. The molecule has 2 aromatic carbocycles. The largest absolute Gasteiger partial charge is 0.497 e. The Balaban J connectivity index is 2.40. The van der Waals surface area contributed by atoms with E-state index < -0.39 is 10.0 Å². The Morgan fingerprint density at radius 1 is 1.11 bits per heavy atom. The fourth-order valence-electron chi connectivity index (χ4n) is 2.45. The second-order valence-corrected chi connectivity index (χ2v) is 8.26. The van der Waals surface area contributed by atoms with Gasteiger partial charge in [-0.2, -0.15) is 0 Å². The molecule has 0 radical (unpaired) electrons. The van der Waals surface area contributed by atoms with E-state index in [2.05, 4.69) is 5.32 Å². The van der Waals surface area contributed by atoms with Crippen molar-refractivity contribution >= 4 is 21.6 Å². The van der Waals surface area contributed by atoms with Crippen molar-refractivity contribution < 1.29 is 17.9 Å². The fraction of sp³-hybridized carbons (Fsp3) is 0.350. The topological polar surface area (TPSA) is 75.7 Å². The number of carbonyl (C=O) groups excluding carboxylic acids is 1. The van der Waals surface area contributed by atoms with Crippen LogP contribution in [0.2, 0.25) is 0 Å². The fourth-order valence-corrected chi connectivity index (χ4v) is 3.87. The van der Waals surface area contributed by atoms with Crippen molar-refractivity contribution in [2.75, 3.05) is 18.0 Å². The summed E-state index contributed by atoms with van der Waals surface area (Å²) in [5, 5.41) is 2.82. The highest BCUT2D eigenvalue weighted by Gasteiger charge is 2.27.